The number of nitrogens with one attached hydrogen (secondary N) is 2. The van der Waals surface area contributed by atoms with E-state index in [0.29, 0.717) is 17.0 Å². The zero-order valence-electron chi connectivity index (χ0n) is 18.5. The first-order chi connectivity index (χ1) is 15.3. The zero-order valence-corrected chi connectivity index (χ0v) is 18.5. The summed E-state index contributed by atoms with van der Waals surface area (Å²) in [4.78, 5) is 38.1. The van der Waals surface area contributed by atoms with E-state index < -0.39 is 0 Å². The minimum absolute atomic E-state index is 0.0534. The third-order valence-corrected chi connectivity index (χ3v) is 6.52. The summed E-state index contributed by atoms with van der Waals surface area (Å²) in [6.07, 6.45) is 5.56. The van der Waals surface area contributed by atoms with E-state index in [9.17, 15) is 9.59 Å². The van der Waals surface area contributed by atoms with Crippen LogP contribution in [0.1, 0.15) is 48.3 Å². The molecule has 0 spiro atoms. The Hall–Kier alpha value is -3.26. The second kappa shape index (κ2) is 7.70. The normalized spacial score (nSPS) is 21.7. The van der Waals surface area contributed by atoms with Crippen molar-refractivity contribution in [2.75, 3.05) is 6.54 Å². The summed E-state index contributed by atoms with van der Waals surface area (Å²) < 4.78 is 6.08. The van der Waals surface area contributed by atoms with Gasteiger partial charge in [-0.15, -0.1) is 0 Å². The maximum absolute atomic E-state index is 12.2. The van der Waals surface area contributed by atoms with Crippen LogP contribution in [0.4, 0.5) is 0 Å². The number of carbonyl (C=O) groups is 1. The number of fused-ring (bicyclic) bond motifs is 1. The van der Waals surface area contributed by atoms with Gasteiger partial charge in [0.1, 0.15) is 17.5 Å². The van der Waals surface area contributed by atoms with Gasteiger partial charge in [-0.05, 0) is 63.4 Å². The van der Waals surface area contributed by atoms with Gasteiger partial charge in [0.05, 0.1) is 17.2 Å². The first-order valence-electron chi connectivity index (χ1n) is 11.0. The molecule has 0 aromatic carbocycles. The van der Waals surface area contributed by atoms with Crippen LogP contribution >= 0.6 is 0 Å². The standard InChI is InChI=1S/C24H27N5O3/c1-14-8-19-20(27-22(14)30)9-16(10-25-19)12-29-13-21(15(29)2)32-17-4-5-18(26-11-17)23(31)28-24(3)6-7-24/h4-5,8-11,15,21H,6-7,12-13H2,1-3H3,(H,27,30)(H,28,31)/t15-,21+/m1/s1. The molecule has 1 saturated carbocycles. The van der Waals surface area contributed by atoms with E-state index in [2.05, 4.69) is 32.1 Å². The molecule has 32 heavy (non-hydrogen) atoms. The number of ether oxygens (including phenoxy) is 1. The highest BCUT2D eigenvalue weighted by Gasteiger charge is 2.39. The van der Waals surface area contributed by atoms with Crippen molar-refractivity contribution in [1.82, 2.24) is 25.2 Å². The van der Waals surface area contributed by atoms with Gasteiger partial charge < -0.3 is 15.0 Å². The highest BCUT2D eigenvalue weighted by atomic mass is 16.5. The number of aryl methyl sites for hydroxylation is 1. The van der Waals surface area contributed by atoms with E-state index in [0.717, 1.165) is 42.5 Å². The van der Waals surface area contributed by atoms with Crippen molar-refractivity contribution >= 4 is 16.9 Å². The van der Waals surface area contributed by atoms with Gasteiger partial charge in [0.25, 0.3) is 11.5 Å². The molecule has 1 aliphatic heterocycles. The molecule has 2 atom stereocenters. The molecule has 1 aliphatic carbocycles. The Balaban J connectivity index is 1.17. The van der Waals surface area contributed by atoms with Crippen LogP contribution in [0.25, 0.3) is 11.0 Å². The number of nitrogens with zero attached hydrogens (tertiary/aromatic N) is 3. The SMILES string of the molecule is Cc1cc2ncc(CN3C[C@H](Oc4ccc(C(=O)NC5(C)CC5)nc4)[C@H]3C)cc2[nH]c1=O. The lowest BCUT2D eigenvalue weighted by atomic mass is 10.00. The molecule has 2 aliphatic rings. The van der Waals surface area contributed by atoms with Gasteiger partial charge >= 0.3 is 0 Å². The zero-order chi connectivity index (χ0) is 22.5. The summed E-state index contributed by atoms with van der Waals surface area (Å²) >= 11 is 0. The molecule has 0 bridgehead atoms. The molecule has 3 aromatic heterocycles. The first-order valence-corrected chi connectivity index (χ1v) is 11.0. The highest BCUT2D eigenvalue weighted by Crippen LogP contribution is 2.34. The molecule has 3 aromatic rings. The topological polar surface area (TPSA) is 100 Å². The number of aromatic nitrogens is 3. The van der Waals surface area contributed by atoms with E-state index in [1.165, 1.54) is 0 Å². The van der Waals surface area contributed by atoms with Gasteiger partial charge in [0, 0.05) is 36.4 Å². The summed E-state index contributed by atoms with van der Waals surface area (Å²) in [6, 6.07) is 7.53. The van der Waals surface area contributed by atoms with Crippen LogP contribution in [0.3, 0.4) is 0 Å². The molecular weight excluding hydrogens is 406 g/mol. The molecule has 2 N–H and O–H groups in total. The molecule has 166 valence electrons. The Morgan fingerprint density at radius 1 is 1.28 bits per heavy atom. The van der Waals surface area contributed by atoms with E-state index in [-0.39, 0.29) is 29.2 Å². The number of carbonyl (C=O) groups excluding carboxylic acids is 1. The summed E-state index contributed by atoms with van der Waals surface area (Å²) in [5, 5.41) is 3.01. The molecule has 1 amide bonds. The van der Waals surface area contributed by atoms with E-state index in [1.807, 2.05) is 25.3 Å². The number of H-pyrrole nitrogens is 1. The molecule has 2 fully saturated rings. The Bertz CT molecular complexity index is 1230. The van der Waals surface area contributed by atoms with E-state index >= 15 is 0 Å². The van der Waals surface area contributed by atoms with Gasteiger partial charge in [-0.1, -0.05) is 0 Å². The van der Waals surface area contributed by atoms with Crippen LogP contribution in [-0.2, 0) is 6.54 Å². The van der Waals surface area contributed by atoms with Crippen molar-refractivity contribution in [2.45, 2.75) is 57.8 Å². The lowest BCUT2D eigenvalue weighted by Gasteiger charge is -2.45. The molecule has 0 radical (unpaired) electrons. The maximum Gasteiger partial charge on any atom is 0.270 e. The summed E-state index contributed by atoms with van der Waals surface area (Å²) in [6.45, 7) is 7.46. The number of amides is 1. The predicted molar refractivity (Wildman–Crippen MR) is 121 cm³/mol. The summed E-state index contributed by atoms with van der Waals surface area (Å²) in [5.74, 6) is 0.524. The first kappa shape index (κ1) is 20.6. The van der Waals surface area contributed by atoms with Crippen LogP contribution < -0.4 is 15.6 Å². The minimum Gasteiger partial charge on any atom is -0.486 e. The van der Waals surface area contributed by atoms with Crippen molar-refractivity contribution in [3.8, 4) is 5.75 Å². The molecule has 4 heterocycles. The average Bonchev–Trinajstić information content (AvgIpc) is 3.50. The lowest BCUT2D eigenvalue weighted by molar-refractivity contribution is -0.0415. The van der Waals surface area contributed by atoms with Crippen LogP contribution in [0, 0.1) is 6.92 Å². The number of rotatable bonds is 6. The maximum atomic E-state index is 12.2. The number of pyridine rings is 3. The summed E-state index contributed by atoms with van der Waals surface area (Å²) in [5.41, 5.74) is 3.52. The Morgan fingerprint density at radius 2 is 2.09 bits per heavy atom. The van der Waals surface area contributed by atoms with E-state index in [1.54, 1.807) is 25.3 Å². The number of hydrogen-bond donors (Lipinski definition) is 2. The lowest BCUT2D eigenvalue weighted by Crippen LogP contribution is -2.60. The Morgan fingerprint density at radius 3 is 2.78 bits per heavy atom. The molecule has 1 saturated heterocycles. The number of likely N-dealkylation sites (tertiary alicyclic amines) is 1. The van der Waals surface area contributed by atoms with Gasteiger partial charge in [0.2, 0.25) is 0 Å². The number of aromatic amines is 1. The van der Waals surface area contributed by atoms with Crippen LogP contribution in [-0.4, -0.2) is 50.0 Å². The van der Waals surface area contributed by atoms with Crippen molar-refractivity contribution in [2.24, 2.45) is 0 Å². The van der Waals surface area contributed by atoms with Gasteiger partial charge in [-0.3, -0.25) is 19.5 Å². The molecule has 8 nitrogen and oxygen atoms in total. The predicted octanol–water partition coefficient (Wildman–Crippen LogP) is 2.56. The average molecular weight is 434 g/mol. The fraction of sp³-hybridized carbons (Fsp3) is 0.417. The molecule has 8 heteroatoms. The van der Waals surface area contributed by atoms with Crippen LogP contribution in [0.2, 0.25) is 0 Å². The second-order valence-corrected chi connectivity index (χ2v) is 9.28. The van der Waals surface area contributed by atoms with E-state index in [4.69, 9.17) is 4.74 Å². The third kappa shape index (κ3) is 4.10. The van der Waals surface area contributed by atoms with Gasteiger partial charge in [-0.2, -0.15) is 0 Å². The monoisotopic (exact) mass is 433 g/mol. The fourth-order valence-electron chi connectivity index (χ4n) is 3.95. The number of hydrogen-bond acceptors (Lipinski definition) is 6. The minimum atomic E-state index is -0.139. The fourth-order valence-corrected chi connectivity index (χ4v) is 3.95. The van der Waals surface area contributed by atoms with Gasteiger partial charge in [-0.25, -0.2) is 4.98 Å². The van der Waals surface area contributed by atoms with Crippen LogP contribution in [0.15, 0.2) is 41.5 Å². The third-order valence-electron chi connectivity index (χ3n) is 6.52. The largest absolute Gasteiger partial charge is 0.486 e. The molecule has 5 rings (SSSR count). The van der Waals surface area contributed by atoms with Crippen LogP contribution in [0.5, 0.6) is 5.75 Å². The second-order valence-electron chi connectivity index (χ2n) is 9.28. The Kier molecular flexibility index (Phi) is 4.97. The van der Waals surface area contributed by atoms with Crippen molar-refractivity contribution in [3.63, 3.8) is 0 Å². The molecular formula is C24H27N5O3. The van der Waals surface area contributed by atoms with Crippen molar-refractivity contribution in [3.05, 3.63) is 63.8 Å². The van der Waals surface area contributed by atoms with Crippen molar-refractivity contribution in [1.29, 1.82) is 0 Å². The van der Waals surface area contributed by atoms with Crippen molar-refractivity contribution < 1.29 is 9.53 Å². The Labute approximate surface area is 186 Å². The smallest absolute Gasteiger partial charge is 0.270 e. The van der Waals surface area contributed by atoms with Gasteiger partial charge in [0.15, 0.2) is 0 Å². The summed E-state index contributed by atoms with van der Waals surface area (Å²) in [7, 11) is 0. The quantitative estimate of drug-likeness (QED) is 0.620. The highest BCUT2D eigenvalue weighted by molar-refractivity contribution is 5.93. The molecule has 0 unspecified atom stereocenters.